The Morgan fingerprint density at radius 3 is 2.69 bits per heavy atom. The van der Waals surface area contributed by atoms with E-state index in [1.807, 2.05) is 0 Å². The number of nitrogens with one attached hydrogen (secondary N) is 2. The fourth-order valence-electron chi connectivity index (χ4n) is 1.35. The summed E-state index contributed by atoms with van der Waals surface area (Å²) in [5, 5.41) is 3.26. The third-order valence-corrected chi connectivity index (χ3v) is 2.58. The van der Waals surface area contributed by atoms with E-state index in [1.165, 1.54) is 0 Å². The maximum absolute atomic E-state index is 11.5. The maximum Gasteiger partial charge on any atom is 0.251 e. The van der Waals surface area contributed by atoms with Gasteiger partial charge < -0.3 is 10.3 Å². The molecular weight excluding hydrogens is 202 g/mol. The number of aromatic amines is 1. The highest BCUT2D eigenvalue weighted by atomic mass is 16.1. The van der Waals surface area contributed by atoms with Gasteiger partial charge in [0, 0.05) is 24.6 Å². The molecule has 1 rings (SSSR count). The van der Waals surface area contributed by atoms with Crippen LogP contribution >= 0.6 is 0 Å². The maximum atomic E-state index is 11.5. The average Bonchev–Trinajstić information content (AvgIpc) is 2.24. The fourth-order valence-corrected chi connectivity index (χ4v) is 1.35. The van der Waals surface area contributed by atoms with Gasteiger partial charge >= 0.3 is 0 Å². The monoisotopic (exact) mass is 223 g/mol. The molecule has 0 amide bonds. The zero-order chi connectivity index (χ0) is 12.1. The van der Waals surface area contributed by atoms with E-state index >= 15 is 0 Å². The molecule has 0 bridgehead atoms. The highest BCUT2D eigenvalue weighted by molar-refractivity contribution is 5.05. The minimum Gasteiger partial charge on any atom is -0.310 e. The molecule has 0 aliphatic carbocycles. The van der Waals surface area contributed by atoms with Gasteiger partial charge in [-0.05, 0) is 6.42 Å². The van der Waals surface area contributed by atoms with Crippen LogP contribution in [0.4, 0.5) is 0 Å². The molecule has 0 saturated carbocycles. The van der Waals surface area contributed by atoms with Crippen LogP contribution < -0.4 is 10.9 Å². The zero-order valence-electron chi connectivity index (χ0n) is 10.5. The van der Waals surface area contributed by atoms with Crippen LogP contribution in [0.25, 0.3) is 0 Å². The van der Waals surface area contributed by atoms with E-state index in [0.29, 0.717) is 18.5 Å². The Morgan fingerprint density at radius 2 is 2.12 bits per heavy atom. The highest BCUT2D eigenvalue weighted by Crippen LogP contribution is 2.12. The zero-order valence-corrected chi connectivity index (χ0v) is 10.5. The minimum atomic E-state index is -0.0640. The normalized spacial score (nSPS) is 13.1. The Balaban J connectivity index is 2.85. The molecule has 1 heterocycles. The molecule has 0 spiro atoms. The van der Waals surface area contributed by atoms with E-state index in [2.05, 4.69) is 43.0 Å². The van der Waals surface area contributed by atoms with Crippen molar-refractivity contribution < 1.29 is 0 Å². The summed E-state index contributed by atoms with van der Waals surface area (Å²) in [5.74, 6) is 1.09. The van der Waals surface area contributed by atoms with E-state index in [1.54, 1.807) is 6.07 Å². The number of hydrogen-bond donors (Lipinski definition) is 2. The first kappa shape index (κ1) is 12.9. The average molecular weight is 223 g/mol. The molecule has 90 valence electrons. The number of rotatable bonds is 5. The van der Waals surface area contributed by atoms with Crippen molar-refractivity contribution in [2.24, 2.45) is 0 Å². The fraction of sp³-hybridized carbons (Fsp3) is 0.667. The Kier molecular flexibility index (Phi) is 4.68. The largest absolute Gasteiger partial charge is 0.310 e. The molecule has 4 nitrogen and oxygen atoms in total. The van der Waals surface area contributed by atoms with Crippen LogP contribution in [0.2, 0.25) is 0 Å². The van der Waals surface area contributed by atoms with Crippen LogP contribution in [-0.2, 0) is 6.54 Å². The van der Waals surface area contributed by atoms with Crippen LogP contribution in [0.5, 0.6) is 0 Å². The molecule has 1 unspecified atom stereocenters. The molecule has 0 fully saturated rings. The van der Waals surface area contributed by atoms with Gasteiger partial charge in [0.1, 0.15) is 5.82 Å². The van der Waals surface area contributed by atoms with Gasteiger partial charge in [-0.2, -0.15) is 0 Å². The quantitative estimate of drug-likeness (QED) is 0.800. The molecule has 4 heteroatoms. The Bertz CT molecular complexity index is 384. The summed E-state index contributed by atoms with van der Waals surface area (Å²) in [4.78, 5) is 18.7. The molecule has 0 saturated heterocycles. The first-order valence-electron chi connectivity index (χ1n) is 5.86. The van der Waals surface area contributed by atoms with Crippen LogP contribution in [0.1, 0.15) is 51.6 Å². The summed E-state index contributed by atoms with van der Waals surface area (Å²) < 4.78 is 0. The standard InChI is InChI=1S/C12H21N3O/c1-5-9(4)12-14-10(6-11(16)15-12)7-13-8(2)3/h6,8-9,13H,5,7H2,1-4H3,(H,14,15,16). The molecular formula is C12H21N3O. The highest BCUT2D eigenvalue weighted by Gasteiger charge is 2.07. The molecule has 2 N–H and O–H groups in total. The Hall–Kier alpha value is -1.16. The smallest absolute Gasteiger partial charge is 0.251 e. The molecule has 1 aromatic rings. The molecule has 0 aromatic carbocycles. The van der Waals surface area contributed by atoms with Gasteiger partial charge in [-0.1, -0.05) is 27.7 Å². The van der Waals surface area contributed by atoms with E-state index in [4.69, 9.17) is 0 Å². The lowest BCUT2D eigenvalue weighted by Gasteiger charge is -2.11. The lowest BCUT2D eigenvalue weighted by atomic mass is 10.1. The van der Waals surface area contributed by atoms with Gasteiger partial charge in [0.15, 0.2) is 0 Å². The lowest BCUT2D eigenvalue weighted by molar-refractivity contribution is 0.573. The number of nitrogens with zero attached hydrogens (tertiary/aromatic N) is 1. The van der Waals surface area contributed by atoms with E-state index in [0.717, 1.165) is 17.9 Å². The summed E-state index contributed by atoms with van der Waals surface area (Å²) in [5.41, 5.74) is 0.749. The van der Waals surface area contributed by atoms with Gasteiger partial charge in [0.25, 0.3) is 5.56 Å². The van der Waals surface area contributed by atoms with Gasteiger partial charge in [-0.25, -0.2) is 4.98 Å². The summed E-state index contributed by atoms with van der Waals surface area (Å²) >= 11 is 0. The van der Waals surface area contributed by atoms with Crippen LogP contribution in [-0.4, -0.2) is 16.0 Å². The first-order chi connectivity index (χ1) is 7.52. The first-order valence-corrected chi connectivity index (χ1v) is 5.86. The lowest BCUT2D eigenvalue weighted by Crippen LogP contribution is -2.24. The van der Waals surface area contributed by atoms with Crippen LogP contribution in [0.15, 0.2) is 10.9 Å². The van der Waals surface area contributed by atoms with Crippen molar-refractivity contribution in [1.82, 2.24) is 15.3 Å². The molecule has 0 aliphatic heterocycles. The summed E-state index contributed by atoms with van der Waals surface area (Å²) in [7, 11) is 0. The Labute approximate surface area is 96.5 Å². The molecule has 16 heavy (non-hydrogen) atoms. The second-order valence-corrected chi connectivity index (χ2v) is 4.47. The van der Waals surface area contributed by atoms with Crippen molar-refractivity contribution in [3.63, 3.8) is 0 Å². The molecule has 0 aliphatic rings. The summed E-state index contributed by atoms with van der Waals surface area (Å²) in [6, 6.07) is 1.95. The third-order valence-electron chi connectivity index (χ3n) is 2.58. The number of H-pyrrole nitrogens is 1. The van der Waals surface area contributed by atoms with Gasteiger partial charge in [0.2, 0.25) is 0 Å². The topological polar surface area (TPSA) is 57.8 Å². The van der Waals surface area contributed by atoms with Crippen LogP contribution in [0, 0.1) is 0 Å². The van der Waals surface area contributed by atoms with Crippen molar-refractivity contribution in [3.05, 3.63) is 27.9 Å². The van der Waals surface area contributed by atoms with Crippen molar-refractivity contribution in [2.45, 2.75) is 52.6 Å². The van der Waals surface area contributed by atoms with E-state index in [-0.39, 0.29) is 5.56 Å². The molecule has 0 radical (unpaired) electrons. The number of aromatic nitrogens is 2. The van der Waals surface area contributed by atoms with Crippen molar-refractivity contribution in [3.8, 4) is 0 Å². The van der Waals surface area contributed by atoms with E-state index in [9.17, 15) is 4.79 Å². The second kappa shape index (κ2) is 5.80. The van der Waals surface area contributed by atoms with Gasteiger partial charge in [-0.3, -0.25) is 4.79 Å². The van der Waals surface area contributed by atoms with Gasteiger partial charge in [-0.15, -0.1) is 0 Å². The van der Waals surface area contributed by atoms with Gasteiger partial charge in [0.05, 0.1) is 5.69 Å². The molecule has 1 aromatic heterocycles. The van der Waals surface area contributed by atoms with Crippen molar-refractivity contribution in [1.29, 1.82) is 0 Å². The van der Waals surface area contributed by atoms with Crippen LogP contribution in [0.3, 0.4) is 0 Å². The Morgan fingerprint density at radius 1 is 1.44 bits per heavy atom. The summed E-state index contributed by atoms with van der Waals surface area (Å²) in [6.45, 7) is 8.94. The predicted octanol–water partition coefficient (Wildman–Crippen LogP) is 1.78. The van der Waals surface area contributed by atoms with Crippen molar-refractivity contribution >= 4 is 0 Å². The molecule has 1 atom stereocenters. The third kappa shape index (κ3) is 3.77. The second-order valence-electron chi connectivity index (χ2n) is 4.47. The number of hydrogen-bond acceptors (Lipinski definition) is 3. The predicted molar refractivity (Wildman–Crippen MR) is 65.5 cm³/mol. The van der Waals surface area contributed by atoms with Crippen molar-refractivity contribution in [2.75, 3.05) is 0 Å². The SMILES string of the molecule is CCC(C)c1nc(CNC(C)C)cc(=O)[nH]1. The van der Waals surface area contributed by atoms with E-state index < -0.39 is 0 Å². The minimum absolute atomic E-state index is 0.0640. The summed E-state index contributed by atoms with van der Waals surface area (Å²) in [6.07, 6.45) is 0.976.